The molecule has 3 unspecified atom stereocenters. The van der Waals surface area contributed by atoms with Crippen LogP contribution in [0.2, 0.25) is 5.02 Å². The second-order valence-electron chi connectivity index (χ2n) is 9.60. The first kappa shape index (κ1) is 24.5. The number of carbonyl (C=O) groups excluding carboxylic acids is 1. The number of benzene rings is 1. The van der Waals surface area contributed by atoms with E-state index in [2.05, 4.69) is 16.0 Å². The highest BCUT2D eigenvalue weighted by atomic mass is 35.5. The molecule has 4 aliphatic rings. The standard InChI is InChI=1S/C22H28ClF4N3O3/c23-16-4-3-15(7-17(16)24)33-9-18(31)30-21-10-20(11-21,12-21)19(32)28-6-5-14-2-1-13(8-29-14)22(25,26)27/h3-4,7,13-14,18,29-31H,1-2,5-6,8-12H2,(H,28,32). The minimum atomic E-state index is -4.16. The van der Waals surface area contributed by atoms with Crippen LogP contribution in [0.3, 0.4) is 0 Å². The number of alkyl halides is 3. The van der Waals surface area contributed by atoms with E-state index in [-0.39, 0.29) is 47.8 Å². The van der Waals surface area contributed by atoms with E-state index >= 15 is 0 Å². The summed E-state index contributed by atoms with van der Waals surface area (Å²) in [7, 11) is 0. The van der Waals surface area contributed by atoms with E-state index in [1.807, 2.05) is 0 Å². The predicted molar refractivity (Wildman–Crippen MR) is 113 cm³/mol. The lowest BCUT2D eigenvalue weighted by Crippen LogP contribution is -2.79. The normalized spacial score (nSPS) is 31.8. The molecule has 5 rings (SSSR count). The van der Waals surface area contributed by atoms with Crippen molar-refractivity contribution in [1.29, 1.82) is 0 Å². The van der Waals surface area contributed by atoms with Crippen molar-refractivity contribution in [3.8, 4) is 5.75 Å². The Morgan fingerprint density at radius 1 is 1.30 bits per heavy atom. The molecule has 2 bridgehead atoms. The molecule has 33 heavy (non-hydrogen) atoms. The van der Waals surface area contributed by atoms with Crippen LogP contribution >= 0.6 is 11.6 Å². The van der Waals surface area contributed by atoms with E-state index in [1.165, 1.54) is 12.1 Å². The van der Waals surface area contributed by atoms with E-state index < -0.39 is 29.6 Å². The zero-order valence-electron chi connectivity index (χ0n) is 18.0. The van der Waals surface area contributed by atoms with Gasteiger partial charge in [-0.3, -0.25) is 10.1 Å². The van der Waals surface area contributed by atoms with Crippen LogP contribution in [0.25, 0.3) is 0 Å². The average molecular weight is 494 g/mol. The molecule has 184 valence electrons. The number of piperidine rings is 1. The van der Waals surface area contributed by atoms with Crippen LogP contribution in [-0.4, -0.2) is 54.7 Å². The Kier molecular flexibility index (Phi) is 6.83. The Morgan fingerprint density at radius 2 is 2.03 bits per heavy atom. The van der Waals surface area contributed by atoms with Gasteiger partial charge in [0, 0.05) is 30.7 Å². The largest absolute Gasteiger partial charge is 0.489 e. The van der Waals surface area contributed by atoms with Crippen LogP contribution in [0.1, 0.15) is 38.5 Å². The Bertz CT molecular complexity index is 857. The number of halogens is 5. The van der Waals surface area contributed by atoms with Gasteiger partial charge in [0.2, 0.25) is 5.91 Å². The molecule has 0 radical (unpaired) electrons. The van der Waals surface area contributed by atoms with E-state index in [9.17, 15) is 27.5 Å². The summed E-state index contributed by atoms with van der Waals surface area (Å²) >= 11 is 5.63. The van der Waals surface area contributed by atoms with Crippen molar-refractivity contribution in [2.45, 2.75) is 62.5 Å². The van der Waals surface area contributed by atoms with Crippen molar-refractivity contribution < 1.29 is 32.2 Å². The second-order valence-corrected chi connectivity index (χ2v) is 10.0. The van der Waals surface area contributed by atoms with Gasteiger partial charge in [0.05, 0.1) is 16.4 Å². The molecule has 0 aromatic heterocycles. The lowest BCUT2D eigenvalue weighted by atomic mass is 9.39. The molecule has 1 amide bonds. The molecule has 11 heteroatoms. The summed E-state index contributed by atoms with van der Waals surface area (Å²) < 4.78 is 57.0. The van der Waals surface area contributed by atoms with Gasteiger partial charge in [-0.15, -0.1) is 0 Å². The molecule has 4 fully saturated rings. The predicted octanol–water partition coefficient (Wildman–Crippen LogP) is 3.13. The molecule has 0 spiro atoms. The SMILES string of the molecule is O=C(NCCC1CCC(C(F)(F)F)CN1)C12CC(NC(O)COc3ccc(Cl)c(F)c3)(C1)C2. The zero-order chi connectivity index (χ0) is 23.9. The number of hydrogen-bond acceptors (Lipinski definition) is 5. The van der Waals surface area contributed by atoms with Gasteiger partial charge in [-0.2, -0.15) is 13.2 Å². The first-order chi connectivity index (χ1) is 15.5. The summed E-state index contributed by atoms with van der Waals surface area (Å²) in [5.41, 5.74) is -0.739. The Morgan fingerprint density at radius 3 is 2.64 bits per heavy atom. The number of aliphatic hydroxyl groups excluding tert-OH is 1. The highest BCUT2D eigenvalue weighted by Gasteiger charge is 2.71. The van der Waals surface area contributed by atoms with E-state index in [0.717, 1.165) is 6.07 Å². The van der Waals surface area contributed by atoms with E-state index in [0.29, 0.717) is 38.6 Å². The molecule has 3 saturated carbocycles. The first-order valence-electron chi connectivity index (χ1n) is 11.1. The minimum Gasteiger partial charge on any atom is -0.489 e. The highest BCUT2D eigenvalue weighted by Crippen LogP contribution is 2.67. The van der Waals surface area contributed by atoms with Gasteiger partial charge in [0.25, 0.3) is 0 Å². The summed E-state index contributed by atoms with van der Waals surface area (Å²) in [6.45, 7) is 0.272. The average Bonchev–Trinajstić information content (AvgIpc) is 2.70. The molecule has 1 aliphatic heterocycles. The first-order valence-corrected chi connectivity index (χ1v) is 11.5. The summed E-state index contributed by atoms with van der Waals surface area (Å²) in [5, 5.41) is 19.1. The van der Waals surface area contributed by atoms with Gasteiger partial charge < -0.3 is 20.5 Å². The molecule has 1 aromatic carbocycles. The van der Waals surface area contributed by atoms with Gasteiger partial charge in [0.1, 0.15) is 24.4 Å². The molecule has 1 saturated heterocycles. The molecule has 4 N–H and O–H groups in total. The van der Waals surface area contributed by atoms with Crippen LogP contribution in [0.15, 0.2) is 18.2 Å². The maximum Gasteiger partial charge on any atom is 0.393 e. The van der Waals surface area contributed by atoms with Gasteiger partial charge in [-0.05, 0) is 50.7 Å². The van der Waals surface area contributed by atoms with Crippen molar-refractivity contribution in [2.75, 3.05) is 19.7 Å². The number of rotatable bonds is 9. The third kappa shape index (κ3) is 5.39. The number of nitrogens with one attached hydrogen (secondary N) is 3. The summed E-state index contributed by atoms with van der Waals surface area (Å²) in [5.74, 6) is -1.68. The number of aliphatic hydroxyl groups is 1. The fourth-order valence-corrected chi connectivity index (χ4v) is 5.42. The zero-order valence-corrected chi connectivity index (χ0v) is 18.7. The Balaban J connectivity index is 1.11. The third-order valence-corrected chi connectivity index (χ3v) is 7.35. The molecular weight excluding hydrogens is 466 g/mol. The van der Waals surface area contributed by atoms with Crippen molar-refractivity contribution >= 4 is 17.5 Å². The van der Waals surface area contributed by atoms with Gasteiger partial charge in [0.15, 0.2) is 0 Å². The fraction of sp³-hybridized carbons (Fsp3) is 0.682. The van der Waals surface area contributed by atoms with Crippen LogP contribution in [0, 0.1) is 17.2 Å². The molecule has 1 heterocycles. The fourth-order valence-electron chi connectivity index (χ4n) is 5.31. The monoisotopic (exact) mass is 493 g/mol. The number of hydrogen-bond donors (Lipinski definition) is 4. The number of carbonyl (C=O) groups is 1. The van der Waals surface area contributed by atoms with Gasteiger partial charge >= 0.3 is 6.18 Å². The third-order valence-electron chi connectivity index (χ3n) is 7.04. The lowest BCUT2D eigenvalue weighted by Gasteiger charge is -2.69. The summed E-state index contributed by atoms with van der Waals surface area (Å²) in [6, 6.07) is 4.01. The van der Waals surface area contributed by atoms with Crippen molar-refractivity contribution in [1.82, 2.24) is 16.0 Å². The second kappa shape index (κ2) is 9.20. The minimum absolute atomic E-state index is 0.0106. The van der Waals surface area contributed by atoms with Gasteiger partial charge in [-0.1, -0.05) is 11.6 Å². The lowest BCUT2D eigenvalue weighted by molar-refractivity contribution is -0.190. The quantitative estimate of drug-likeness (QED) is 0.314. The van der Waals surface area contributed by atoms with Crippen molar-refractivity contribution in [3.05, 3.63) is 29.0 Å². The van der Waals surface area contributed by atoms with Crippen LogP contribution in [0.4, 0.5) is 17.6 Å². The molecule has 3 atom stereocenters. The molecule has 1 aromatic rings. The molecule has 6 nitrogen and oxygen atoms in total. The van der Waals surface area contributed by atoms with Crippen molar-refractivity contribution in [3.63, 3.8) is 0 Å². The molecule has 3 aliphatic carbocycles. The highest BCUT2D eigenvalue weighted by molar-refractivity contribution is 6.30. The Labute approximate surface area is 194 Å². The number of amides is 1. The Hall–Kier alpha value is -1.62. The maximum absolute atomic E-state index is 13.4. The van der Waals surface area contributed by atoms with E-state index in [1.54, 1.807) is 0 Å². The van der Waals surface area contributed by atoms with E-state index in [4.69, 9.17) is 16.3 Å². The van der Waals surface area contributed by atoms with Crippen molar-refractivity contribution in [2.24, 2.45) is 11.3 Å². The van der Waals surface area contributed by atoms with Gasteiger partial charge in [-0.25, -0.2) is 4.39 Å². The summed E-state index contributed by atoms with van der Waals surface area (Å²) in [4.78, 5) is 12.6. The molecular formula is C22H28ClF4N3O3. The summed E-state index contributed by atoms with van der Waals surface area (Å²) in [6.07, 6.45) is -2.16. The smallest absolute Gasteiger partial charge is 0.393 e. The van der Waals surface area contributed by atoms with Crippen LogP contribution in [-0.2, 0) is 4.79 Å². The van der Waals surface area contributed by atoms with Crippen LogP contribution < -0.4 is 20.7 Å². The van der Waals surface area contributed by atoms with Crippen LogP contribution in [0.5, 0.6) is 5.75 Å². The topological polar surface area (TPSA) is 82.6 Å². The maximum atomic E-state index is 13.4. The number of ether oxygens (including phenoxy) is 1.